The number of carbonyl (C=O) groups is 3. The number of amides is 2. The zero-order valence-corrected chi connectivity index (χ0v) is 17.8. The first kappa shape index (κ1) is 23.7. The number of nitrogens with one attached hydrogen (secondary N) is 1. The summed E-state index contributed by atoms with van der Waals surface area (Å²) >= 11 is 0. The molecular weight excluding hydrogens is 438 g/mol. The number of fused-ring (bicyclic) bond motifs is 1. The van der Waals surface area contributed by atoms with Crippen molar-refractivity contribution in [2.24, 2.45) is 0 Å². The summed E-state index contributed by atoms with van der Waals surface area (Å²) in [6.45, 7) is 0.548. The van der Waals surface area contributed by atoms with Crippen LogP contribution in [0.5, 0.6) is 11.5 Å². The lowest BCUT2D eigenvalue weighted by Crippen LogP contribution is -2.30. The maximum atomic E-state index is 12.4. The second-order valence-electron chi connectivity index (χ2n) is 7.00. The summed E-state index contributed by atoms with van der Waals surface area (Å²) in [5.74, 6) is -1.46. The van der Waals surface area contributed by atoms with Crippen molar-refractivity contribution in [1.82, 2.24) is 10.2 Å². The summed E-state index contributed by atoms with van der Waals surface area (Å²) in [6, 6.07) is 11.3. The largest absolute Gasteiger partial charge is 0.493 e. The molecule has 2 amide bonds. The topological polar surface area (TPSA) is 94.2 Å². The van der Waals surface area contributed by atoms with Crippen molar-refractivity contribution in [3.05, 3.63) is 65.7 Å². The van der Waals surface area contributed by atoms with Gasteiger partial charge in [0.25, 0.3) is 11.8 Å². The Bertz CT molecular complexity index is 1040. The number of rotatable bonds is 10. The van der Waals surface area contributed by atoms with Crippen molar-refractivity contribution in [3.8, 4) is 11.5 Å². The average Bonchev–Trinajstić information content (AvgIpc) is 3.05. The van der Waals surface area contributed by atoms with Crippen LogP contribution >= 0.6 is 0 Å². The Hall–Kier alpha value is -3.95. The monoisotopic (exact) mass is 460 g/mol. The lowest BCUT2D eigenvalue weighted by Gasteiger charge is -2.16. The first-order valence-electron chi connectivity index (χ1n) is 9.94. The van der Waals surface area contributed by atoms with Gasteiger partial charge in [-0.05, 0) is 23.8 Å². The Morgan fingerprint density at radius 1 is 1.12 bits per heavy atom. The molecule has 1 N–H and O–H groups in total. The molecule has 3 rings (SSSR count). The van der Waals surface area contributed by atoms with Gasteiger partial charge in [-0.2, -0.15) is 8.78 Å². The first-order chi connectivity index (χ1) is 15.8. The molecule has 1 aliphatic heterocycles. The van der Waals surface area contributed by atoms with E-state index in [1.165, 1.54) is 30.2 Å². The summed E-state index contributed by atoms with van der Waals surface area (Å²) < 4.78 is 39.1. The van der Waals surface area contributed by atoms with Gasteiger partial charge < -0.3 is 24.4 Å². The molecule has 0 aliphatic carbocycles. The standard InChI is InChI=1S/C23H22F2N2O6/c1-14-16-5-3-4-6-17(16)22(30)27(14)10-9-21(29)32-13-20(28)26-12-15-7-8-18(33-23(24)25)19(11-15)31-2/h3-8,11,23H,1,9-10,12-13H2,2H3,(H,26,28). The third-order valence-corrected chi connectivity index (χ3v) is 4.88. The van der Waals surface area contributed by atoms with Crippen LogP contribution in [-0.4, -0.2) is 49.6 Å². The highest BCUT2D eigenvalue weighted by molar-refractivity contribution is 6.08. The first-order valence-corrected chi connectivity index (χ1v) is 9.94. The zero-order chi connectivity index (χ0) is 24.0. The van der Waals surface area contributed by atoms with Crippen molar-refractivity contribution < 1.29 is 37.4 Å². The Morgan fingerprint density at radius 3 is 2.52 bits per heavy atom. The normalized spacial score (nSPS) is 12.5. The number of alkyl halides is 2. The molecule has 1 heterocycles. The summed E-state index contributed by atoms with van der Waals surface area (Å²) in [4.78, 5) is 37.8. The number of ether oxygens (including phenoxy) is 3. The van der Waals surface area contributed by atoms with E-state index in [1.807, 2.05) is 0 Å². The van der Waals surface area contributed by atoms with Crippen molar-refractivity contribution >= 4 is 23.5 Å². The van der Waals surface area contributed by atoms with Gasteiger partial charge in [0.05, 0.1) is 13.5 Å². The van der Waals surface area contributed by atoms with Crippen molar-refractivity contribution in [3.63, 3.8) is 0 Å². The number of esters is 1. The van der Waals surface area contributed by atoms with Crippen molar-refractivity contribution in [1.29, 1.82) is 0 Å². The molecule has 0 saturated heterocycles. The minimum Gasteiger partial charge on any atom is -0.493 e. The predicted octanol–water partition coefficient (Wildman–Crippen LogP) is 2.97. The lowest BCUT2D eigenvalue weighted by molar-refractivity contribution is -0.148. The molecule has 0 spiro atoms. The van der Waals surface area contributed by atoms with Crippen LogP contribution in [0, 0.1) is 0 Å². The van der Waals surface area contributed by atoms with Crippen LogP contribution in [0.4, 0.5) is 8.78 Å². The molecule has 0 aromatic heterocycles. The van der Waals surface area contributed by atoms with E-state index in [2.05, 4.69) is 16.6 Å². The van der Waals surface area contributed by atoms with E-state index in [1.54, 1.807) is 24.3 Å². The summed E-state index contributed by atoms with van der Waals surface area (Å²) in [5, 5.41) is 2.55. The third-order valence-electron chi connectivity index (χ3n) is 4.88. The molecule has 10 heteroatoms. The average molecular weight is 460 g/mol. The lowest BCUT2D eigenvalue weighted by atomic mass is 10.1. The van der Waals surface area contributed by atoms with Gasteiger partial charge in [0.2, 0.25) is 0 Å². The number of carbonyl (C=O) groups excluding carboxylic acids is 3. The smallest absolute Gasteiger partial charge is 0.387 e. The molecule has 0 radical (unpaired) electrons. The fourth-order valence-corrected chi connectivity index (χ4v) is 3.26. The molecule has 2 aromatic carbocycles. The van der Waals surface area contributed by atoms with E-state index in [-0.39, 0.29) is 36.9 Å². The Balaban J connectivity index is 1.42. The number of nitrogens with zero attached hydrogens (tertiary/aromatic N) is 1. The highest BCUT2D eigenvalue weighted by atomic mass is 19.3. The maximum absolute atomic E-state index is 12.4. The molecule has 1 aliphatic rings. The molecule has 174 valence electrons. The van der Waals surface area contributed by atoms with E-state index >= 15 is 0 Å². The minimum absolute atomic E-state index is 0.0576. The van der Waals surface area contributed by atoms with Gasteiger partial charge in [-0.15, -0.1) is 0 Å². The van der Waals surface area contributed by atoms with Crippen molar-refractivity contribution in [2.75, 3.05) is 20.3 Å². The summed E-state index contributed by atoms with van der Waals surface area (Å²) in [5.41, 5.74) is 2.33. The molecule has 0 saturated carbocycles. The van der Waals surface area contributed by atoms with Crippen LogP contribution in [0.25, 0.3) is 5.70 Å². The molecule has 0 unspecified atom stereocenters. The number of benzene rings is 2. The fourth-order valence-electron chi connectivity index (χ4n) is 3.26. The minimum atomic E-state index is -2.99. The third kappa shape index (κ3) is 5.85. The van der Waals surface area contributed by atoms with Gasteiger partial charge in [0, 0.05) is 29.9 Å². The second kappa shape index (κ2) is 10.6. The van der Waals surface area contributed by atoms with E-state index in [0.717, 1.165) is 5.56 Å². The Morgan fingerprint density at radius 2 is 1.85 bits per heavy atom. The molecule has 0 atom stereocenters. The second-order valence-corrected chi connectivity index (χ2v) is 7.00. The number of hydrogen-bond donors (Lipinski definition) is 1. The summed E-state index contributed by atoms with van der Waals surface area (Å²) in [7, 11) is 1.30. The SMILES string of the molecule is C=C1c2ccccc2C(=O)N1CCC(=O)OCC(=O)NCc1ccc(OC(F)F)c(OC)c1. The molecule has 0 fully saturated rings. The molecular formula is C23H22F2N2O6. The van der Waals surface area contributed by atoms with Crippen LogP contribution in [0.15, 0.2) is 49.0 Å². The van der Waals surface area contributed by atoms with E-state index in [0.29, 0.717) is 16.8 Å². The van der Waals surface area contributed by atoms with Crippen LogP contribution in [-0.2, 0) is 20.9 Å². The number of hydrogen-bond acceptors (Lipinski definition) is 6. The van der Waals surface area contributed by atoms with Gasteiger partial charge >= 0.3 is 12.6 Å². The Kier molecular flexibility index (Phi) is 7.60. The number of methoxy groups -OCH3 is 1. The van der Waals surface area contributed by atoms with Gasteiger partial charge in [0.1, 0.15) is 0 Å². The van der Waals surface area contributed by atoms with Gasteiger partial charge in [-0.25, -0.2) is 0 Å². The van der Waals surface area contributed by atoms with Crippen LogP contribution < -0.4 is 14.8 Å². The van der Waals surface area contributed by atoms with Crippen LogP contribution in [0.1, 0.15) is 27.9 Å². The molecule has 33 heavy (non-hydrogen) atoms. The zero-order valence-electron chi connectivity index (χ0n) is 17.8. The fraction of sp³-hybridized carbons (Fsp3) is 0.261. The van der Waals surface area contributed by atoms with Crippen molar-refractivity contribution in [2.45, 2.75) is 19.6 Å². The van der Waals surface area contributed by atoms with Crippen LogP contribution in [0.3, 0.4) is 0 Å². The molecule has 8 nitrogen and oxygen atoms in total. The van der Waals surface area contributed by atoms with Gasteiger partial charge in [0.15, 0.2) is 18.1 Å². The van der Waals surface area contributed by atoms with Gasteiger partial charge in [-0.1, -0.05) is 30.8 Å². The molecule has 0 bridgehead atoms. The molecule has 2 aromatic rings. The van der Waals surface area contributed by atoms with E-state index in [9.17, 15) is 23.2 Å². The summed E-state index contributed by atoms with van der Waals surface area (Å²) in [6.07, 6.45) is -0.102. The van der Waals surface area contributed by atoms with E-state index in [4.69, 9.17) is 9.47 Å². The van der Waals surface area contributed by atoms with Crippen LogP contribution in [0.2, 0.25) is 0 Å². The van der Waals surface area contributed by atoms with Gasteiger partial charge in [-0.3, -0.25) is 14.4 Å². The highest BCUT2D eigenvalue weighted by Gasteiger charge is 2.30. The number of halogens is 2. The van der Waals surface area contributed by atoms with E-state index < -0.39 is 25.1 Å². The highest BCUT2D eigenvalue weighted by Crippen LogP contribution is 2.31. The Labute approximate surface area is 188 Å². The maximum Gasteiger partial charge on any atom is 0.387 e. The predicted molar refractivity (Wildman–Crippen MR) is 114 cm³/mol. The quantitative estimate of drug-likeness (QED) is 0.548.